The van der Waals surface area contributed by atoms with Gasteiger partial charge in [0.15, 0.2) is 0 Å². The van der Waals surface area contributed by atoms with Gasteiger partial charge in [0.05, 0.1) is 6.04 Å². The SMILES string of the molecule is CCCC(CCC)NC(=O)NC1CC=CC=C1F. The molecule has 0 bridgehead atoms. The molecule has 1 aliphatic carbocycles. The number of allylic oxidation sites excluding steroid dienone is 2. The van der Waals surface area contributed by atoms with Gasteiger partial charge in [-0.1, -0.05) is 38.8 Å². The summed E-state index contributed by atoms with van der Waals surface area (Å²) in [6.45, 7) is 4.19. The Labute approximate surface area is 109 Å². The van der Waals surface area contributed by atoms with Crippen LogP contribution in [-0.2, 0) is 0 Å². The summed E-state index contributed by atoms with van der Waals surface area (Å²) in [6, 6.07) is -0.601. The van der Waals surface area contributed by atoms with Crippen LogP contribution in [0.15, 0.2) is 24.1 Å². The van der Waals surface area contributed by atoms with Crippen molar-refractivity contribution in [1.82, 2.24) is 10.6 Å². The first-order chi connectivity index (χ1) is 8.67. The highest BCUT2D eigenvalue weighted by Crippen LogP contribution is 2.14. The molecule has 0 aromatic heterocycles. The molecular weight excluding hydrogens is 231 g/mol. The maximum atomic E-state index is 13.4. The van der Waals surface area contributed by atoms with Crippen LogP contribution >= 0.6 is 0 Å². The Kier molecular flexibility index (Phi) is 6.47. The average molecular weight is 254 g/mol. The summed E-state index contributed by atoms with van der Waals surface area (Å²) >= 11 is 0. The topological polar surface area (TPSA) is 41.1 Å². The number of amides is 2. The zero-order chi connectivity index (χ0) is 13.4. The third-order valence-electron chi connectivity index (χ3n) is 3.01. The Bertz CT molecular complexity index is 320. The van der Waals surface area contributed by atoms with Crippen LogP contribution in [0, 0.1) is 0 Å². The second-order valence-electron chi connectivity index (χ2n) is 4.66. The molecule has 3 nitrogen and oxygen atoms in total. The van der Waals surface area contributed by atoms with Crippen LogP contribution in [0.4, 0.5) is 9.18 Å². The number of carbonyl (C=O) groups excluding carboxylic acids is 1. The van der Waals surface area contributed by atoms with Crippen LogP contribution in [0.3, 0.4) is 0 Å². The van der Waals surface area contributed by atoms with E-state index in [1.54, 1.807) is 6.08 Å². The summed E-state index contributed by atoms with van der Waals surface area (Å²) in [5.41, 5.74) is 0. The van der Waals surface area contributed by atoms with Crippen molar-refractivity contribution in [3.8, 4) is 0 Å². The number of rotatable bonds is 6. The molecule has 0 aromatic rings. The number of nitrogens with one attached hydrogen (secondary N) is 2. The molecule has 1 rings (SSSR count). The normalized spacial score (nSPS) is 18.7. The van der Waals surface area contributed by atoms with E-state index >= 15 is 0 Å². The second kappa shape index (κ2) is 7.90. The van der Waals surface area contributed by atoms with E-state index in [4.69, 9.17) is 0 Å². The molecule has 1 aliphatic rings. The van der Waals surface area contributed by atoms with Gasteiger partial charge in [0.2, 0.25) is 0 Å². The van der Waals surface area contributed by atoms with Crippen molar-refractivity contribution in [2.24, 2.45) is 0 Å². The van der Waals surface area contributed by atoms with Crippen molar-refractivity contribution in [3.63, 3.8) is 0 Å². The fourth-order valence-electron chi connectivity index (χ4n) is 2.10. The highest BCUT2D eigenvalue weighted by Gasteiger charge is 2.18. The van der Waals surface area contributed by atoms with E-state index < -0.39 is 6.04 Å². The van der Waals surface area contributed by atoms with E-state index in [0.29, 0.717) is 6.42 Å². The Morgan fingerprint density at radius 3 is 2.67 bits per heavy atom. The van der Waals surface area contributed by atoms with Gasteiger partial charge < -0.3 is 10.6 Å². The van der Waals surface area contributed by atoms with Gasteiger partial charge in [0, 0.05) is 6.04 Å². The van der Waals surface area contributed by atoms with Crippen molar-refractivity contribution in [1.29, 1.82) is 0 Å². The third-order valence-corrected chi connectivity index (χ3v) is 3.01. The van der Waals surface area contributed by atoms with Gasteiger partial charge in [-0.05, 0) is 25.3 Å². The Hall–Kier alpha value is -1.32. The lowest BCUT2D eigenvalue weighted by molar-refractivity contribution is 0.231. The minimum Gasteiger partial charge on any atom is -0.335 e. The standard InChI is InChI=1S/C14H23FN2O/c1-3-7-11(8-4-2)16-14(18)17-13-10-6-5-9-12(13)15/h5-6,9,11,13H,3-4,7-8,10H2,1-2H3,(H2,16,17,18). The summed E-state index contributed by atoms with van der Waals surface area (Å²) in [5.74, 6) is -0.282. The zero-order valence-corrected chi connectivity index (χ0v) is 11.2. The molecule has 0 saturated carbocycles. The molecule has 0 aromatic carbocycles. The Morgan fingerprint density at radius 2 is 2.11 bits per heavy atom. The molecule has 0 aliphatic heterocycles. The molecule has 0 fully saturated rings. The highest BCUT2D eigenvalue weighted by atomic mass is 19.1. The van der Waals surface area contributed by atoms with Crippen molar-refractivity contribution in [3.05, 3.63) is 24.1 Å². The van der Waals surface area contributed by atoms with Gasteiger partial charge in [-0.3, -0.25) is 0 Å². The van der Waals surface area contributed by atoms with Crippen LogP contribution in [-0.4, -0.2) is 18.1 Å². The van der Waals surface area contributed by atoms with Gasteiger partial charge in [-0.15, -0.1) is 0 Å². The highest BCUT2D eigenvalue weighted by molar-refractivity contribution is 5.75. The molecule has 0 saturated heterocycles. The minimum atomic E-state index is -0.515. The molecule has 2 amide bonds. The maximum absolute atomic E-state index is 13.4. The molecule has 102 valence electrons. The van der Waals surface area contributed by atoms with Gasteiger partial charge in [-0.2, -0.15) is 0 Å². The van der Waals surface area contributed by atoms with Crippen molar-refractivity contribution in [2.75, 3.05) is 0 Å². The first kappa shape index (κ1) is 14.7. The van der Waals surface area contributed by atoms with E-state index in [2.05, 4.69) is 24.5 Å². The number of hydrogen-bond acceptors (Lipinski definition) is 1. The van der Waals surface area contributed by atoms with E-state index in [1.807, 2.05) is 6.08 Å². The summed E-state index contributed by atoms with van der Waals surface area (Å²) in [4.78, 5) is 11.8. The van der Waals surface area contributed by atoms with Crippen molar-refractivity contribution in [2.45, 2.75) is 58.0 Å². The predicted molar refractivity (Wildman–Crippen MR) is 72.0 cm³/mol. The predicted octanol–water partition coefficient (Wildman–Crippen LogP) is 3.44. The lowest BCUT2D eigenvalue weighted by Gasteiger charge is -2.22. The largest absolute Gasteiger partial charge is 0.335 e. The first-order valence-electron chi connectivity index (χ1n) is 6.76. The number of urea groups is 1. The number of carbonyl (C=O) groups is 1. The number of halogens is 1. The fraction of sp³-hybridized carbons (Fsp3) is 0.643. The smallest absolute Gasteiger partial charge is 0.315 e. The molecule has 0 heterocycles. The van der Waals surface area contributed by atoms with Gasteiger partial charge in [0.1, 0.15) is 5.83 Å². The van der Waals surface area contributed by atoms with Crippen LogP contribution < -0.4 is 10.6 Å². The van der Waals surface area contributed by atoms with Crippen molar-refractivity contribution < 1.29 is 9.18 Å². The zero-order valence-electron chi connectivity index (χ0n) is 11.2. The molecular formula is C14H23FN2O. The van der Waals surface area contributed by atoms with E-state index in [-0.39, 0.29) is 17.9 Å². The molecule has 4 heteroatoms. The molecule has 0 radical (unpaired) electrons. The average Bonchev–Trinajstić information content (AvgIpc) is 2.33. The Balaban J connectivity index is 2.40. The van der Waals surface area contributed by atoms with Crippen molar-refractivity contribution >= 4 is 6.03 Å². The second-order valence-corrected chi connectivity index (χ2v) is 4.66. The summed E-state index contributed by atoms with van der Waals surface area (Å²) in [5, 5.41) is 5.59. The van der Waals surface area contributed by atoms with Gasteiger partial charge >= 0.3 is 6.03 Å². The third kappa shape index (κ3) is 4.90. The lowest BCUT2D eigenvalue weighted by atomic mass is 10.1. The number of hydrogen-bond donors (Lipinski definition) is 2. The van der Waals surface area contributed by atoms with Crippen LogP contribution in [0.5, 0.6) is 0 Å². The summed E-state index contributed by atoms with van der Waals surface area (Å²) in [7, 11) is 0. The first-order valence-corrected chi connectivity index (χ1v) is 6.76. The Morgan fingerprint density at radius 1 is 1.44 bits per heavy atom. The molecule has 0 spiro atoms. The molecule has 18 heavy (non-hydrogen) atoms. The van der Waals surface area contributed by atoms with E-state index in [1.165, 1.54) is 6.08 Å². The quantitative estimate of drug-likeness (QED) is 0.749. The van der Waals surface area contributed by atoms with Gasteiger partial charge in [0.25, 0.3) is 0 Å². The van der Waals surface area contributed by atoms with Crippen LogP contribution in [0.2, 0.25) is 0 Å². The van der Waals surface area contributed by atoms with Gasteiger partial charge in [-0.25, -0.2) is 9.18 Å². The maximum Gasteiger partial charge on any atom is 0.315 e. The van der Waals surface area contributed by atoms with Crippen LogP contribution in [0.1, 0.15) is 46.0 Å². The fourth-order valence-corrected chi connectivity index (χ4v) is 2.10. The molecule has 1 unspecified atom stereocenters. The monoisotopic (exact) mass is 254 g/mol. The van der Waals surface area contributed by atoms with E-state index in [0.717, 1.165) is 25.7 Å². The summed E-state index contributed by atoms with van der Waals surface area (Å²) < 4.78 is 13.4. The van der Waals surface area contributed by atoms with E-state index in [9.17, 15) is 9.18 Å². The van der Waals surface area contributed by atoms with Crippen LogP contribution in [0.25, 0.3) is 0 Å². The molecule has 2 N–H and O–H groups in total. The molecule has 1 atom stereocenters. The minimum absolute atomic E-state index is 0.186. The lowest BCUT2D eigenvalue weighted by Crippen LogP contribution is -2.46. The summed E-state index contributed by atoms with van der Waals surface area (Å²) in [6.07, 6.45) is 9.42.